The van der Waals surface area contributed by atoms with Gasteiger partial charge in [0.1, 0.15) is 0 Å². The number of aromatic nitrogens is 2. The molecule has 0 unspecified atom stereocenters. The van der Waals surface area contributed by atoms with Gasteiger partial charge in [0.2, 0.25) is 5.88 Å². The van der Waals surface area contributed by atoms with Gasteiger partial charge in [-0.15, -0.1) is 13.2 Å². The Hall–Kier alpha value is -1.84. The molecule has 0 saturated carbocycles. The quantitative estimate of drug-likeness (QED) is 0.729. The van der Waals surface area contributed by atoms with Crippen LogP contribution in [0.5, 0.6) is 5.88 Å². The Kier molecular flexibility index (Phi) is 2.86. The van der Waals surface area contributed by atoms with Crippen LogP contribution >= 0.6 is 0 Å². The van der Waals surface area contributed by atoms with Crippen molar-refractivity contribution in [1.29, 1.82) is 5.26 Å². The van der Waals surface area contributed by atoms with Gasteiger partial charge in [-0.1, -0.05) is 0 Å². The van der Waals surface area contributed by atoms with E-state index in [1.807, 2.05) is 0 Å². The average Bonchev–Trinajstić information content (AvgIpc) is 2.06. The molecule has 0 radical (unpaired) electrons. The third-order valence-corrected chi connectivity index (χ3v) is 1.16. The zero-order valence-corrected chi connectivity index (χ0v) is 6.75. The van der Waals surface area contributed by atoms with Gasteiger partial charge >= 0.3 is 6.36 Å². The number of hydrogen-bond acceptors (Lipinski definition) is 4. The predicted molar refractivity (Wildman–Crippen MR) is 38.0 cm³/mol. The minimum atomic E-state index is -4.77. The molecule has 0 bridgehead atoms. The molecule has 0 saturated heterocycles. The smallest absolute Gasteiger partial charge is 0.386 e. The second-order valence-electron chi connectivity index (χ2n) is 2.23. The van der Waals surface area contributed by atoms with Gasteiger partial charge in [0.05, 0.1) is 30.6 Å². The normalized spacial score (nSPS) is 10.7. The van der Waals surface area contributed by atoms with Crippen LogP contribution < -0.4 is 4.74 Å². The molecular formula is C7H4F3N3O. The summed E-state index contributed by atoms with van der Waals surface area (Å²) >= 11 is 0. The molecule has 0 fully saturated rings. The van der Waals surface area contributed by atoms with Crippen molar-refractivity contribution in [3.63, 3.8) is 0 Å². The Morgan fingerprint density at radius 1 is 1.36 bits per heavy atom. The molecule has 0 amide bonds. The molecule has 0 aliphatic rings. The molecule has 1 rings (SSSR count). The summed E-state index contributed by atoms with van der Waals surface area (Å²) in [5, 5.41) is 8.25. The summed E-state index contributed by atoms with van der Waals surface area (Å²) < 4.78 is 38.4. The van der Waals surface area contributed by atoms with Crippen LogP contribution in [-0.4, -0.2) is 16.3 Å². The molecule has 1 heterocycles. The van der Waals surface area contributed by atoms with Crippen molar-refractivity contribution in [2.75, 3.05) is 0 Å². The van der Waals surface area contributed by atoms with Gasteiger partial charge < -0.3 is 4.74 Å². The van der Waals surface area contributed by atoms with Gasteiger partial charge in [-0.05, 0) is 0 Å². The van der Waals surface area contributed by atoms with E-state index in [1.54, 1.807) is 6.07 Å². The zero-order valence-electron chi connectivity index (χ0n) is 6.75. The Bertz CT molecular complexity index is 341. The van der Waals surface area contributed by atoms with E-state index in [0.29, 0.717) is 5.69 Å². The van der Waals surface area contributed by atoms with Crippen molar-refractivity contribution in [2.45, 2.75) is 12.8 Å². The largest absolute Gasteiger partial charge is 0.574 e. The number of alkyl halides is 3. The third-order valence-electron chi connectivity index (χ3n) is 1.16. The summed E-state index contributed by atoms with van der Waals surface area (Å²) in [6.07, 6.45) is -2.89. The standard InChI is InChI=1S/C7H4F3N3O/c8-7(9,10)14-6-4-12-5(1-2-11)3-13-6/h3-4H,1H2. The first-order valence-corrected chi connectivity index (χ1v) is 3.45. The first-order valence-electron chi connectivity index (χ1n) is 3.45. The molecule has 7 heteroatoms. The highest BCUT2D eigenvalue weighted by molar-refractivity contribution is 5.09. The van der Waals surface area contributed by atoms with Crippen LogP contribution in [-0.2, 0) is 6.42 Å². The van der Waals surface area contributed by atoms with Crippen molar-refractivity contribution in [2.24, 2.45) is 0 Å². The SMILES string of the molecule is N#CCc1cnc(OC(F)(F)F)cn1. The van der Waals surface area contributed by atoms with Crippen LogP contribution in [0.2, 0.25) is 0 Å². The molecule has 0 aliphatic heterocycles. The van der Waals surface area contributed by atoms with Gasteiger partial charge in [0, 0.05) is 0 Å². The minimum Gasteiger partial charge on any atom is -0.386 e. The van der Waals surface area contributed by atoms with Crippen LogP contribution in [0.25, 0.3) is 0 Å². The van der Waals surface area contributed by atoms with E-state index in [4.69, 9.17) is 5.26 Å². The molecule has 74 valence electrons. The van der Waals surface area contributed by atoms with Crippen molar-refractivity contribution in [3.05, 3.63) is 18.1 Å². The van der Waals surface area contributed by atoms with Crippen molar-refractivity contribution < 1.29 is 17.9 Å². The molecule has 1 aromatic heterocycles. The number of hydrogen-bond donors (Lipinski definition) is 0. The number of halogens is 3. The molecule has 1 aromatic rings. The predicted octanol–water partition coefficient (Wildman–Crippen LogP) is 1.44. The highest BCUT2D eigenvalue weighted by Crippen LogP contribution is 2.19. The molecule has 0 aliphatic carbocycles. The lowest BCUT2D eigenvalue weighted by Crippen LogP contribution is -2.18. The first kappa shape index (κ1) is 10.2. The van der Waals surface area contributed by atoms with E-state index in [-0.39, 0.29) is 6.42 Å². The van der Waals surface area contributed by atoms with E-state index < -0.39 is 12.2 Å². The monoisotopic (exact) mass is 203 g/mol. The molecule has 0 N–H and O–H groups in total. The van der Waals surface area contributed by atoms with Gasteiger partial charge in [-0.2, -0.15) is 5.26 Å². The fourth-order valence-electron chi connectivity index (χ4n) is 0.686. The lowest BCUT2D eigenvalue weighted by molar-refractivity contribution is -0.276. The summed E-state index contributed by atoms with van der Waals surface area (Å²) in [6, 6.07) is 1.79. The van der Waals surface area contributed by atoms with Crippen LogP contribution in [0.3, 0.4) is 0 Å². The highest BCUT2D eigenvalue weighted by Gasteiger charge is 2.31. The number of nitrogens with zero attached hydrogens (tertiary/aromatic N) is 3. The summed E-state index contributed by atoms with van der Waals surface area (Å²) in [5.41, 5.74) is 0.294. The number of nitriles is 1. The highest BCUT2D eigenvalue weighted by atomic mass is 19.4. The number of ether oxygens (including phenoxy) is 1. The Labute approximate surface area is 77.0 Å². The Morgan fingerprint density at radius 3 is 2.50 bits per heavy atom. The van der Waals surface area contributed by atoms with Gasteiger partial charge in [0.15, 0.2) is 0 Å². The Balaban J connectivity index is 2.70. The second-order valence-corrected chi connectivity index (χ2v) is 2.23. The van der Waals surface area contributed by atoms with Crippen LogP contribution in [0.4, 0.5) is 13.2 Å². The van der Waals surface area contributed by atoms with Crippen molar-refractivity contribution in [1.82, 2.24) is 9.97 Å². The topological polar surface area (TPSA) is 58.8 Å². The summed E-state index contributed by atoms with van der Waals surface area (Å²) in [7, 11) is 0. The third kappa shape index (κ3) is 3.26. The summed E-state index contributed by atoms with van der Waals surface area (Å²) in [4.78, 5) is 6.87. The summed E-state index contributed by atoms with van der Waals surface area (Å²) in [5.74, 6) is -0.640. The molecule has 0 spiro atoms. The second kappa shape index (κ2) is 3.91. The van der Waals surface area contributed by atoms with Crippen molar-refractivity contribution in [3.8, 4) is 11.9 Å². The van der Waals surface area contributed by atoms with E-state index >= 15 is 0 Å². The fraction of sp³-hybridized carbons (Fsp3) is 0.286. The summed E-state index contributed by atoms with van der Waals surface area (Å²) in [6.45, 7) is 0. The molecule has 0 aromatic carbocycles. The van der Waals surface area contributed by atoms with E-state index in [1.165, 1.54) is 0 Å². The average molecular weight is 203 g/mol. The van der Waals surface area contributed by atoms with Gasteiger partial charge in [0.25, 0.3) is 0 Å². The molecular weight excluding hydrogens is 199 g/mol. The fourth-order valence-corrected chi connectivity index (χ4v) is 0.686. The lowest BCUT2D eigenvalue weighted by Gasteiger charge is -2.06. The van der Waals surface area contributed by atoms with Crippen LogP contribution in [0.1, 0.15) is 5.69 Å². The van der Waals surface area contributed by atoms with E-state index in [0.717, 1.165) is 12.4 Å². The zero-order chi connectivity index (χ0) is 10.6. The Morgan fingerprint density at radius 2 is 2.07 bits per heavy atom. The van der Waals surface area contributed by atoms with E-state index in [2.05, 4.69) is 14.7 Å². The maximum absolute atomic E-state index is 11.6. The van der Waals surface area contributed by atoms with Gasteiger partial charge in [-0.25, -0.2) is 4.98 Å². The minimum absolute atomic E-state index is 0.000697. The first-order chi connectivity index (χ1) is 6.51. The maximum Gasteiger partial charge on any atom is 0.574 e. The number of rotatable bonds is 2. The lowest BCUT2D eigenvalue weighted by atomic mass is 10.3. The molecule has 0 atom stereocenters. The van der Waals surface area contributed by atoms with Crippen molar-refractivity contribution >= 4 is 0 Å². The molecule has 4 nitrogen and oxygen atoms in total. The van der Waals surface area contributed by atoms with Crippen LogP contribution in [0, 0.1) is 11.3 Å². The van der Waals surface area contributed by atoms with Crippen LogP contribution in [0.15, 0.2) is 12.4 Å². The maximum atomic E-state index is 11.6. The van der Waals surface area contributed by atoms with Gasteiger partial charge in [-0.3, -0.25) is 4.98 Å². The van der Waals surface area contributed by atoms with E-state index in [9.17, 15) is 13.2 Å². The molecule has 14 heavy (non-hydrogen) atoms.